The monoisotopic (exact) mass is 228 g/mol. The van der Waals surface area contributed by atoms with Crippen molar-refractivity contribution in [3.63, 3.8) is 0 Å². The van der Waals surface area contributed by atoms with Gasteiger partial charge >= 0.3 is 5.97 Å². The fraction of sp³-hybridized carbons (Fsp3) is 0.100. The molecular weight excluding hydrogens is 216 g/mol. The molecule has 0 bridgehead atoms. The van der Waals surface area contributed by atoms with E-state index in [9.17, 15) is 9.90 Å². The summed E-state index contributed by atoms with van der Waals surface area (Å²) < 4.78 is -0.231. The van der Waals surface area contributed by atoms with Crippen molar-refractivity contribution >= 4 is 27.8 Å². The van der Waals surface area contributed by atoms with Gasteiger partial charge in [-0.3, -0.25) is 4.79 Å². The van der Waals surface area contributed by atoms with Crippen molar-refractivity contribution < 1.29 is 9.90 Å². The van der Waals surface area contributed by atoms with Crippen LogP contribution in [0.1, 0.15) is 0 Å². The molecule has 0 aliphatic carbocycles. The molecule has 4 heteroatoms. The van der Waals surface area contributed by atoms with E-state index in [1.54, 1.807) is 0 Å². The number of allylic oxidation sites excluding steroid dienone is 4. The fourth-order valence-corrected chi connectivity index (χ4v) is 6.14. The van der Waals surface area contributed by atoms with E-state index in [0.717, 1.165) is 0 Å². The molecule has 2 rings (SSSR count). The van der Waals surface area contributed by atoms with Gasteiger partial charge in [0.2, 0.25) is 0 Å². The maximum absolute atomic E-state index is 11.2. The Hall–Kier alpha value is -0.870. The van der Waals surface area contributed by atoms with E-state index in [1.165, 1.54) is 0 Å². The molecule has 2 heterocycles. The fourth-order valence-electron chi connectivity index (χ4n) is 1.43. The highest BCUT2D eigenvalue weighted by molar-refractivity contribution is 8.39. The third-order valence-corrected chi connectivity index (χ3v) is 7.28. The SMILES string of the molecule is O=C(O)C([SH]1C=CC=C1)[SH]1C=CC=C1. The lowest BCUT2D eigenvalue weighted by Gasteiger charge is -2.26. The van der Waals surface area contributed by atoms with Crippen LogP contribution in [0.2, 0.25) is 0 Å². The molecule has 0 aromatic heterocycles. The summed E-state index contributed by atoms with van der Waals surface area (Å²) in [7, 11) is -1.19. The minimum Gasteiger partial charge on any atom is -0.480 e. The number of hydrogen-bond acceptors (Lipinski definition) is 1. The Morgan fingerprint density at radius 2 is 1.29 bits per heavy atom. The number of aliphatic carboxylic acids is 1. The number of hydrogen-bond donors (Lipinski definition) is 3. The molecule has 0 aromatic carbocycles. The average Bonchev–Trinajstić information content (AvgIpc) is 2.75. The number of carboxylic acid groups (broad SMARTS) is 1. The quantitative estimate of drug-likeness (QED) is 0.649. The zero-order valence-corrected chi connectivity index (χ0v) is 9.23. The van der Waals surface area contributed by atoms with Gasteiger partial charge in [0, 0.05) is 0 Å². The molecule has 0 amide bonds. The van der Waals surface area contributed by atoms with E-state index in [4.69, 9.17) is 0 Å². The second-order valence-corrected chi connectivity index (χ2v) is 7.39. The Bertz CT molecular complexity index is 303. The summed E-state index contributed by atoms with van der Waals surface area (Å²) in [5.41, 5.74) is 0. The van der Waals surface area contributed by atoms with Crippen molar-refractivity contribution in [2.75, 3.05) is 0 Å². The standard InChI is InChI=1S/C10H12O2S2/c11-9(12)10(13-5-1-2-6-13)14-7-3-4-8-14/h1-8,10,13-14H,(H,11,12). The second-order valence-electron chi connectivity index (χ2n) is 2.97. The molecule has 0 aromatic rings. The lowest BCUT2D eigenvalue weighted by atomic mass is 10.6. The molecular formula is C10H12O2S2. The van der Waals surface area contributed by atoms with Gasteiger partial charge in [-0.2, -0.15) is 21.8 Å². The first-order valence-electron chi connectivity index (χ1n) is 4.27. The van der Waals surface area contributed by atoms with Gasteiger partial charge in [-0.1, -0.05) is 24.3 Å². The first-order chi connectivity index (χ1) is 6.79. The van der Waals surface area contributed by atoms with Gasteiger partial charge in [0.1, 0.15) is 4.58 Å². The number of carbonyl (C=O) groups is 1. The van der Waals surface area contributed by atoms with Gasteiger partial charge < -0.3 is 5.11 Å². The molecule has 0 atom stereocenters. The van der Waals surface area contributed by atoms with Gasteiger partial charge in [0.15, 0.2) is 0 Å². The first-order valence-corrected chi connectivity index (χ1v) is 7.36. The van der Waals surface area contributed by atoms with E-state index in [-0.39, 0.29) is 4.58 Å². The topological polar surface area (TPSA) is 37.3 Å². The van der Waals surface area contributed by atoms with Crippen LogP contribution >= 0.6 is 21.8 Å². The summed E-state index contributed by atoms with van der Waals surface area (Å²) in [6, 6.07) is 0. The molecule has 14 heavy (non-hydrogen) atoms. The van der Waals surface area contributed by atoms with Gasteiger partial charge in [0.25, 0.3) is 0 Å². The third kappa shape index (κ3) is 1.81. The van der Waals surface area contributed by atoms with Crippen LogP contribution in [0.4, 0.5) is 0 Å². The van der Waals surface area contributed by atoms with Crippen LogP contribution < -0.4 is 0 Å². The molecule has 2 aliphatic rings. The van der Waals surface area contributed by atoms with E-state index in [2.05, 4.69) is 0 Å². The van der Waals surface area contributed by atoms with Crippen LogP contribution in [0.25, 0.3) is 0 Å². The molecule has 0 saturated heterocycles. The molecule has 0 spiro atoms. The van der Waals surface area contributed by atoms with E-state index in [1.807, 2.05) is 45.9 Å². The van der Waals surface area contributed by atoms with Crippen molar-refractivity contribution in [3.8, 4) is 0 Å². The average molecular weight is 228 g/mol. The van der Waals surface area contributed by atoms with Crippen LogP contribution in [-0.2, 0) is 4.79 Å². The molecule has 0 radical (unpaired) electrons. The molecule has 0 saturated carbocycles. The highest BCUT2D eigenvalue weighted by Gasteiger charge is 2.27. The van der Waals surface area contributed by atoms with Gasteiger partial charge in [-0.25, -0.2) is 0 Å². The summed E-state index contributed by atoms with van der Waals surface area (Å²) in [5, 5.41) is 17.3. The predicted octanol–water partition coefficient (Wildman–Crippen LogP) is 2.48. The number of thiol groups is 2. The summed E-state index contributed by atoms with van der Waals surface area (Å²) >= 11 is 0. The summed E-state index contributed by atoms with van der Waals surface area (Å²) in [6.07, 6.45) is 7.78. The van der Waals surface area contributed by atoms with E-state index < -0.39 is 27.8 Å². The molecule has 76 valence electrons. The molecule has 2 aliphatic heterocycles. The summed E-state index contributed by atoms with van der Waals surface area (Å²) in [5.74, 6) is -0.672. The molecule has 1 N–H and O–H groups in total. The van der Waals surface area contributed by atoms with Crippen molar-refractivity contribution in [3.05, 3.63) is 45.9 Å². The van der Waals surface area contributed by atoms with E-state index in [0.29, 0.717) is 0 Å². The highest BCUT2D eigenvalue weighted by Crippen LogP contribution is 2.53. The summed E-state index contributed by atoms with van der Waals surface area (Å²) in [4.78, 5) is 11.2. The minimum atomic E-state index is -0.672. The van der Waals surface area contributed by atoms with Crippen molar-refractivity contribution in [2.45, 2.75) is 4.58 Å². The van der Waals surface area contributed by atoms with Crippen molar-refractivity contribution in [1.82, 2.24) is 0 Å². The van der Waals surface area contributed by atoms with Crippen LogP contribution in [0, 0.1) is 0 Å². The highest BCUT2D eigenvalue weighted by atomic mass is 32.3. The Labute approximate surface area is 88.4 Å². The Morgan fingerprint density at radius 3 is 1.57 bits per heavy atom. The number of rotatable bonds is 3. The van der Waals surface area contributed by atoms with Gasteiger partial charge in [-0.15, -0.1) is 0 Å². The zero-order valence-electron chi connectivity index (χ0n) is 7.45. The molecule has 0 fully saturated rings. The smallest absolute Gasteiger partial charge is 0.324 e. The van der Waals surface area contributed by atoms with Gasteiger partial charge in [0.05, 0.1) is 0 Å². The summed E-state index contributed by atoms with van der Waals surface area (Å²) in [6.45, 7) is 0. The second kappa shape index (κ2) is 4.11. The van der Waals surface area contributed by atoms with Crippen molar-refractivity contribution in [2.24, 2.45) is 0 Å². The van der Waals surface area contributed by atoms with Crippen LogP contribution in [-0.4, -0.2) is 15.7 Å². The Balaban J connectivity index is 2.19. The van der Waals surface area contributed by atoms with Crippen LogP contribution in [0.3, 0.4) is 0 Å². The normalized spacial score (nSPS) is 22.9. The number of carboxylic acids is 1. The maximum Gasteiger partial charge on any atom is 0.324 e. The lowest BCUT2D eigenvalue weighted by molar-refractivity contribution is -0.134. The Kier molecular flexibility index (Phi) is 2.84. The van der Waals surface area contributed by atoms with Gasteiger partial charge in [-0.05, 0) is 21.6 Å². The minimum absolute atomic E-state index is 0.231. The first kappa shape index (κ1) is 9.68. The zero-order chi connectivity index (χ0) is 9.97. The van der Waals surface area contributed by atoms with Crippen molar-refractivity contribution in [1.29, 1.82) is 0 Å². The maximum atomic E-state index is 11.2. The van der Waals surface area contributed by atoms with E-state index >= 15 is 0 Å². The predicted molar refractivity (Wildman–Crippen MR) is 66.0 cm³/mol. The Morgan fingerprint density at radius 1 is 0.929 bits per heavy atom. The lowest BCUT2D eigenvalue weighted by Crippen LogP contribution is -2.16. The molecule has 2 nitrogen and oxygen atoms in total. The van der Waals surface area contributed by atoms with Crippen LogP contribution in [0.5, 0.6) is 0 Å². The largest absolute Gasteiger partial charge is 0.480 e. The van der Waals surface area contributed by atoms with Crippen LogP contribution in [0.15, 0.2) is 45.9 Å². The molecule has 0 unspecified atom stereocenters. The third-order valence-electron chi connectivity index (χ3n) is 2.04.